The Hall–Kier alpha value is -0.740. The summed E-state index contributed by atoms with van der Waals surface area (Å²) in [7, 11) is 0. The Morgan fingerprint density at radius 2 is 2.06 bits per heavy atom. The van der Waals surface area contributed by atoms with Gasteiger partial charge in [-0.15, -0.1) is 0 Å². The molecule has 0 unspecified atom stereocenters. The van der Waals surface area contributed by atoms with E-state index in [1.54, 1.807) is 12.1 Å². The average Bonchev–Trinajstić information content (AvgIpc) is 2.33. The van der Waals surface area contributed by atoms with Crippen molar-refractivity contribution in [1.29, 1.82) is 0 Å². The van der Waals surface area contributed by atoms with Gasteiger partial charge in [-0.25, -0.2) is 4.39 Å². The first-order valence-electron chi connectivity index (χ1n) is 5.72. The van der Waals surface area contributed by atoms with Crippen LogP contribution in [0.15, 0.2) is 22.7 Å². The summed E-state index contributed by atoms with van der Waals surface area (Å²) in [5.41, 5.74) is 0.940. The van der Waals surface area contributed by atoms with Crippen LogP contribution in [0.4, 0.5) is 4.39 Å². The molecule has 0 aliphatic heterocycles. The van der Waals surface area contributed by atoms with Crippen LogP contribution in [0.3, 0.4) is 0 Å². The van der Waals surface area contributed by atoms with Crippen LogP contribution in [0.25, 0.3) is 0 Å². The zero-order valence-electron chi connectivity index (χ0n) is 9.42. The molecule has 0 amide bonds. The van der Waals surface area contributed by atoms with E-state index in [0.717, 1.165) is 18.4 Å². The maximum atomic E-state index is 13.0. The van der Waals surface area contributed by atoms with E-state index in [9.17, 15) is 9.18 Å². The van der Waals surface area contributed by atoms with E-state index in [2.05, 4.69) is 15.9 Å². The van der Waals surface area contributed by atoms with Gasteiger partial charge in [-0.05, 0) is 46.5 Å². The zero-order valence-corrected chi connectivity index (χ0v) is 11.0. The summed E-state index contributed by atoms with van der Waals surface area (Å²) < 4.78 is 19.2. The fraction of sp³-hybridized carbons (Fsp3) is 0.462. The van der Waals surface area contributed by atoms with Gasteiger partial charge in [0.05, 0.1) is 17.2 Å². The molecule has 0 saturated heterocycles. The molecule has 0 bridgehead atoms. The van der Waals surface area contributed by atoms with Crippen molar-refractivity contribution in [2.75, 3.05) is 0 Å². The number of Topliss-reactive ketones (excluding diaryl/α,β-unsaturated/α-hetero) is 1. The van der Waals surface area contributed by atoms with Gasteiger partial charge in [0, 0.05) is 12.8 Å². The first-order valence-corrected chi connectivity index (χ1v) is 6.51. The van der Waals surface area contributed by atoms with Gasteiger partial charge in [0.15, 0.2) is 0 Å². The lowest BCUT2D eigenvalue weighted by molar-refractivity contribution is -0.123. The molecule has 4 heteroatoms. The number of hydrogen-bond donors (Lipinski definition) is 0. The smallest absolute Gasteiger partial charge is 0.137 e. The number of ketones is 1. The molecular weight excluding hydrogens is 287 g/mol. The molecule has 1 aromatic carbocycles. The fourth-order valence-electron chi connectivity index (χ4n) is 1.92. The van der Waals surface area contributed by atoms with Crippen LogP contribution in [0, 0.1) is 5.82 Å². The summed E-state index contributed by atoms with van der Waals surface area (Å²) in [4.78, 5) is 11.1. The topological polar surface area (TPSA) is 26.3 Å². The minimum absolute atomic E-state index is 0.163. The van der Waals surface area contributed by atoms with Crippen LogP contribution in [0.1, 0.15) is 31.2 Å². The largest absolute Gasteiger partial charge is 0.374 e. The summed E-state index contributed by atoms with van der Waals surface area (Å²) in [5.74, 6) is 0.0615. The fourth-order valence-corrected chi connectivity index (χ4v) is 2.35. The van der Waals surface area contributed by atoms with Crippen molar-refractivity contribution >= 4 is 21.7 Å². The Balaban J connectivity index is 1.85. The quantitative estimate of drug-likeness (QED) is 0.852. The number of ether oxygens (including phenoxy) is 1. The summed E-state index contributed by atoms with van der Waals surface area (Å²) in [5, 5.41) is 0. The Labute approximate surface area is 108 Å². The van der Waals surface area contributed by atoms with E-state index < -0.39 is 0 Å². The van der Waals surface area contributed by atoms with Gasteiger partial charge in [-0.1, -0.05) is 6.07 Å². The van der Waals surface area contributed by atoms with Crippen molar-refractivity contribution in [2.45, 2.75) is 38.4 Å². The summed E-state index contributed by atoms with van der Waals surface area (Å²) >= 11 is 3.14. The molecular formula is C13H14BrFO2. The minimum atomic E-state index is -0.267. The Morgan fingerprint density at radius 1 is 1.35 bits per heavy atom. The third-order valence-corrected chi connectivity index (χ3v) is 3.57. The highest BCUT2D eigenvalue weighted by Gasteiger charge is 2.19. The van der Waals surface area contributed by atoms with Crippen molar-refractivity contribution in [2.24, 2.45) is 0 Å². The number of carbonyl (C=O) groups excluding carboxylic acids is 1. The van der Waals surface area contributed by atoms with Crippen molar-refractivity contribution in [3.63, 3.8) is 0 Å². The first-order chi connectivity index (χ1) is 8.15. The van der Waals surface area contributed by atoms with Crippen molar-refractivity contribution < 1.29 is 13.9 Å². The molecule has 2 rings (SSSR count). The number of hydrogen-bond acceptors (Lipinski definition) is 2. The third-order valence-electron chi connectivity index (χ3n) is 2.96. The standard InChI is InChI=1S/C13H14BrFO2/c14-12-7-9(1-6-13(12)15)8-17-11-4-2-10(16)3-5-11/h1,6-7,11H,2-5,8H2. The second-order valence-corrected chi connectivity index (χ2v) is 5.15. The molecule has 1 fully saturated rings. The first kappa shape index (κ1) is 12.7. The molecule has 0 aromatic heterocycles. The maximum Gasteiger partial charge on any atom is 0.137 e. The lowest BCUT2D eigenvalue weighted by Crippen LogP contribution is -2.21. The molecule has 0 N–H and O–H groups in total. The Bertz CT molecular complexity index is 410. The van der Waals surface area contributed by atoms with Gasteiger partial charge in [0.25, 0.3) is 0 Å². The maximum absolute atomic E-state index is 13.0. The normalized spacial score (nSPS) is 17.4. The van der Waals surface area contributed by atoms with Gasteiger partial charge in [-0.2, -0.15) is 0 Å². The van der Waals surface area contributed by atoms with Gasteiger partial charge in [-0.3, -0.25) is 4.79 Å². The predicted molar refractivity (Wildman–Crippen MR) is 66.2 cm³/mol. The van der Waals surface area contributed by atoms with E-state index in [1.807, 2.05) is 0 Å². The van der Waals surface area contributed by atoms with Crippen LogP contribution in [0.2, 0.25) is 0 Å². The van der Waals surface area contributed by atoms with E-state index in [0.29, 0.717) is 29.7 Å². The second kappa shape index (κ2) is 5.74. The lowest BCUT2D eigenvalue weighted by Gasteiger charge is -2.21. The predicted octanol–water partition coefficient (Wildman–Crippen LogP) is 3.62. The van der Waals surface area contributed by atoms with Crippen LogP contribution in [-0.4, -0.2) is 11.9 Å². The third kappa shape index (κ3) is 3.61. The molecule has 0 heterocycles. The zero-order chi connectivity index (χ0) is 12.3. The van der Waals surface area contributed by atoms with E-state index in [-0.39, 0.29) is 11.9 Å². The monoisotopic (exact) mass is 300 g/mol. The highest BCUT2D eigenvalue weighted by atomic mass is 79.9. The summed E-state index contributed by atoms with van der Waals surface area (Å²) in [6.45, 7) is 0.470. The highest BCUT2D eigenvalue weighted by Crippen LogP contribution is 2.21. The number of halogens is 2. The SMILES string of the molecule is O=C1CCC(OCc2ccc(F)c(Br)c2)CC1. The number of benzene rings is 1. The minimum Gasteiger partial charge on any atom is -0.374 e. The Kier molecular flexibility index (Phi) is 4.29. The molecule has 2 nitrogen and oxygen atoms in total. The van der Waals surface area contributed by atoms with Gasteiger partial charge >= 0.3 is 0 Å². The van der Waals surface area contributed by atoms with Gasteiger partial charge in [0.1, 0.15) is 11.6 Å². The van der Waals surface area contributed by atoms with Crippen LogP contribution in [-0.2, 0) is 16.1 Å². The van der Waals surface area contributed by atoms with Crippen molar-refractivity contribution in [3.8, 4) is 0 Å². The van der Waals surface area contributed by atoms with E-state index in [1.165, 1.54) is 6.07 Å². The van der Waals surface area contributed by atoms with Gasteiger partial charge < -0.3 is 4.74 Å². The van der Waals surface area contributed by atoms with Crippen LogP contribution < -0.4 is 0 Å². The Morgan fingerprint density at radius 3 is 2.71 bits per heavy atom. The number of carbonyl (C=O) groups is 1. The molecule has 1 aliphatic carbocycles. The number of rotatable bonds is 3. The lowest BCUT2D eigenvalue weighted by atomic mass is 9.96. The molecule has 1 saturated carbocycles. The average molecular weight is 301 g/mol. The summed E-state index contributed by atoms with van der Waals surface area (Å²) in [6.07, 6.45) is 3.02. The van der Waals surface area contributed by atoms with Gasteiger partial charge in [0.2, 0.25) is 0 Å². The molecule has 0 atom stereocenters. The molecule has 17 heavy (non-hydrogen) atoms. The molecule has 0 spiro atoms. The van der Waals surface area contributed by atoms with E-state index in [4.69, 9.17) is 4.74 Å². The van der Waals surface area contributed by atoms with Crippen LogP contribution >= 0.6 is 15.9 Å². The van der Waals surface area contributed by atoms with Crippen molar-refractivity contribution in [1.82, 2.24) is 0 Å². The van der Waals surface area contributed by atoms with Crippen LogP contribution in [0.5, 0.6) is 0 Å². The molecule has 1 aromatic rings. The second-order valence-electron chi connectivity index (χ2n) is 4.30. The molecule has 1 aliphatic rings. The summed E-state index contributed by atoms with van der Waals surface area (Å²) in [6, 6.07) is 4.87. The molecule has 92 valence electrons. The van der Waals surface area contributed by atoms with Crippen molar-refractivity contribution in [3.05, 3.63) is 34.1 Å². The highest BCUT2D eigenvalue weighted by molar-refractivity contribution is 9.10. The molecule has 0 radical (unpaired) electrons. The van der Waals surface area contributed by atoms with E-state index >= 15 is 0 Å².